The highest BCUT2D eigenvalue weighted by atomic mass is 31.2. The summed E-state index contributed by atoms with van der Waals surface area (Å²) in [4.78, 5) is 25.4. The number of hydrogen-bond acceptors (Lipinski definition) is 9. The summed E-state index contributed by atoms with van der Waals surface area (Å²) in [5.41, 5.74) is 0. The minimum atomic E-state index is -4.65. The van der Waals surface area contributed by atoms with Gasteiger partial charge in [0, 0.05) is 18.8 Å². The van der Waals surface area contributed by atoms with Gasteiger partial charge in [-0.1, -0.05) is 127 Å². The summed E-state index contributed by atoms with van der Waals surface area (Å²) in [5.74, 6) is -0.728. The number of aliphatic hydroxyl groups excluding tert-OH is 4. The lowest BCUT2D eigenvalue weighted by atomic mass is 9.89. The van der Waals surface area contributed by atoms with Gasteiger partial charge >= 0.3 is 0 Å². The molecule has 0 saturated heterocycles. The predicted molar refractivity (Wildman–Crippen MR) is 216 cm³/mol. The van der Waals surface area contributed by atoms with E-state index in [-0.39, 0.29) is 30.8 Å². The number of allylic oxidation sites excluding steroid dienone is 3. The highest BCUT2D eigenvalue weighted by Crippen LogP contribution is 2.38. The van der Waals surface area contributed by atoms with E-state index in [1.807, 2.05) is 45.4 Å². The molecule has 0 radical (unpaired) electrons. The Bertz CT molecular complexity index is 1100. The van der Waals surface area contributed by atoms with Crippen molar-refractivity contribution in [2.45, 2.75) is 173 Å². The highest BCUT2D eigenvalue weighted by Gasteiger charge is 2.39. The van der Waals surface area contributed by atoms with Gasteiger partial charge in [-0.05, 0) is 44.4 Å². The smallest absolute Gasteiger partial charge is 0.268 e. The van der Waals surface area contributed by atoms with Crippen molar-refractivity contribution in [1.29, 1.82) is 0 Å². The summed E-state index contributed by atoms with van der Waals surface area (Å²) in [6.45, 7) is 4.30. The van der Waals surface area contributed by atoms with Crippen LogP contribution in [0.2, 0.25) is 0 Å². The van der Waals surface area contributed by atoms with Crippen LogP contribution in [0.15, 0.2) is 36.5 Å². The van der Waals surface area contributed by atoms with Crippen molar-refractivity contribution in [3.63, 3.8) is 0 Å². The summed E-state index contributed by atoms with van der Waals surface area (Å²) < 4.78 is 23.1. The number of likely N-dealkylation sites (N-methyl/N-ethyl adjacent to an activating group) is 1. The molecule has 0 aromatic heterocycles. The molecule has 0 spiro atoms. The van der Waals surface area contributed by atoms with Crippen molar-refractivity contribution in [1.82, 2.24) is 5.32 Å². The van der Waals surface area contributed by atoms with Crippen molar-refractivity contribution in [3.8, 4) is 0 Å². The van der Waals surface area contributed by atoms with E-state index in [1.54, 1.807) is 12.2 Å². The molecule has 0 aliphatic heterocycles. The number of nitrogens with one attached hydrogen (secondary N) is 1. The quantitative estimate of drug-likeness (QED) is 0.0206. The fraction of sp³-hybridized carbons (Fsp3) is 0.833. The number of quaternary nitrogens is 1. The average Bonchev–Trinajstić information content (AvgIpc) is 3.37. The molecule has 0 bridgehead atoms. The van der Waals surface area contributed by atoms with Crippen molar-refractivity contribution in [2.24, 2.45) is 11.8 Å². The molecule has 8 atom stereocenters. The Balaban J connectivity index is 2.62. The van der Waals surface area contributed by atoms with Gasteiger partial charge in [0.05, 0.1) is 58.2 Å². The maximum absolute atomic E-state index is 12.9. The monoisotopic (exact) mass is 787 g/mol. The van der Waals surface area contributed by atoms with Crippen LogP contribution in [-0.2, 0) is 18.4 Å². The first-order valence-electron chi connectivity index (χ1n) is 21.1. The normalized spacial score (nSPS) is 22.3. The minimum absolute atomic E-state index is 0.0456. The Morgan fingerprint density at radius 2 is 1.44 bits per heavy atom. The fourth-order valence-electron chi connectivity index (χ4n) is 6.67. The molecule has 316 valence electrons. The van der Waals surface area contributed by atoms with Crippen LogP contribution in [0.3, 0.4) is 0 Å². The van der Waals surface area contributed by atoms with E-state index in [0.717, 1.165) is 38.5 Å². The third-order valence-electron chi connectivity index (χ3n) is 10.2. The number of hydrogen-bond donors (Lipinski definition) is 5. The highest BCUT2D eigenvalue weighted by molar-refractivity contribution is 7.45. The number of carbonyl (C=O) groups is 1. The van der Waals surface area contributed by atoms with E-state index in [2.05, 4.69) is 19.2 Å². The molecule has 54 heavy (non-hydrogen) atoms. The number of phosphoric acid groups is 1. The second-order valence-corrected chi connectivity index (χ2v) is 17.7. The lowest BCUT2D eigenvalue weighted by Gasteiger charge is -2.29. The molecule has 1 amide bonds. The molecule has 1 aliphatic rings. The van der Waals surface area contributed by atoms with Gasteiger partial charge < -0.3 is 44.2 Å². The Labute approximate surface area is 328 Å². The van der Waals surface area contributed by atoms with Gasteiger partial charge in [0.1, 0.15) is 13.2 Å². The van der Waals surface area contributed by atoms with Crippen LogP contribution in [0.4, 0.5) is 0 Å². The van der Waals surface area contributed by atoms with E-state index in [4.69, 9.17) is 9.05 Å². The SMILES string of the molecule is CCCCCCCCCCCC/C=C/[C@@H](O)[C@H](COP(=O)([O-])OCC[N+](C)(C)C)NC(=O)CCC/C=C/C[C@@H]1[C@@H](/C=C/[C@@H](O)CCCCC)[C@H](O)C[C@@H]1O. The lowest BCUT2D eigenvalue weighted by Crippen LogP contribution is -2.45. The Morgan fingerprint density at radius 1 is 0.833 bits per heavy atom. The predicted octanol–water partition coefficient (Wildman–Crippen LogP) is 6.88. The Kier molecular flexibility index (Phi) is 27.9. The van der Waals surface area contributed by atoms with Gasteiger partial charge in [-0.25, -0.2) is 0 Å². The number of rotatable bonds is 33. The molecular weight excluding hydrogens is 707 g/mol. The standard InChI is InChI=1S/C42H79N2O9P/c1-6-8-10-11-12-13-14-15-16-17-18-23-27-39(46)38(34-53-54(50,51)52-32-31-44(3,4)5)43-42(49)28-24-20-19-22-26-36-37(41(48)33-40(36)47)30-29-35(45)25-21-9-7-2/h19,22-23,27,29-30,35-41,45-48H,6-18,20-21,24-26,28,31-34H2,1-5H3,(H-,43,49,50,51)/b22-19+,27-23+,30-29+/t35-,36+,37+,38-,39+,40-,41+/m0/s1. The fourth-order valence-corrected chi connectivity index (χ4v) is 7.40. The average molecular weight is 787 g/mol. The van der Waals surface area contributed by atoms with E-state index < -0.39 is 44.9 Å². The van der Waals surface area contributed by atoms with Gasteiger partial charge in [-0.15, -0.1) is 0 Å². The maximum Gasteiger partial charge on any atom is 0.268 e. The molecule has 0 heterocycles. The van der Waals surface area contributed by atoms with Crippen LogP contribution in [0.25, 0.3) is 0 Å². The van der Waals surface area contributed by atoms with Gasteiger partial charge in [0.25, 0.3) is 7.82 Å². The molecule has 12 heteroatoms. The van der Waals surface area contributed by atoms with E-state index in [1.165, 1.54) is 51.4 Å². The number of phosphoric ester groups is 1. The van der Waals surface area contributed by atoms with Gasteiger partial charge in [0.15, 0.2) is 0 Å². The van der Waals surface area contributed by atoms with Crippen LogP contribution in [0.5, 0.6) is 0 Å². The third kappa shape index (κ3) is 25.7. The lowest BCUT2D eigenvalue weighted by molar-refractivity contribution is -0.870. The van der Waals surface area contributed by atoms with Crippen LogP contribution in [0.1, 0.15) is 142 Å². The number of aliphatic hydroxyl groups is 4. The second kappa shape index (κ2) is 29.8. The van der Waals surface area contributed by atoms with E-state index in [9.17, 15) is 34.7 Å². The summed E-state index contributed by atoms with van der Waals surface area (Å²) in [6.07, 6.45) is 27.1. The largest absolute Gasteiger partial charge is 0.756 e. The first-order valence-corrected chi connectivity index (χ1v) is 22.6. The summed E-state index contributed by atoms with van der Waals surface area (Å²) in [7, 11) is 1.11. The van der Waals surface area contributed by atoms with Gasteiger partial charge in [-0.2, -0.15) is 0 Å². The number of unbranched alkanes of at least 4 members (excludes halogenated alkanes) is 13. The Hall–Kier alpha value is -1.40. The van der Waals surface area contributed by atoms with Gasteiger partial charge in [-0.3, -0.25) is 9.36 Å². The second-order valence-electron chi connectivity index (χ2n) is 16.3. The van der Waals surface area contributed by atoms with E-state index >= 15 is 0 Å². The van der Waals surface area contributed by atoms with Crippen molar-refractivity contribution in [2.75, 3.05) is 40.9 Å². The first-order chi connectivity index (χ1) is 25.7. The molecule has 1 aliphatic carbocycles. The maximum atomic E-state index is 12.9. The van der Waals surface area contributed by atoms with Crippen LogP contribution in [-0.4, -0.2) is 102 Å². The van der Waals surface area contributed by atoms with Crippen molar-refractivity contribution >= 4 is 13.7 Å². The van der Waals surface area contributed by atoms with Gasteiger partial charge in [0.2, 0.25) is 5.91 Å². The van der Waals surface area contributed by atoms with Crippen molar-refractivity contribution < 1.29 is 48.2 Å². The topological polar surface area (TPSA) is 169 Å². The van der Waals surface area contributed by atoms with E-state index in [0.29, 0.717) is 43.1 Å². The molecule has 0 aromatic rings. The molecule has 5 N–H and O–H groups in total. The first kappa shape index (κ1) is 50.6. The third-order valence-corrected chi connectivity index (χ3v) is 11.1. The molecule has 1 rings (SSSR count). The molecule has 1 fully saturated rings. The number of carbonyl (C=O) groups excluding carboxylic acids is 1. The zero-order valence-corrected chi connectivity index (χ0v) is 35.4. The van der Waals surface area contributed by atoms with Crippen molar-refractivity contribution in [3.05, 3.63) is 36.5 Å². The minimum Gasteiger partial charge on any atom is -0.756 e. The number of nitrogens with zero attached hydrogens (tertiary/aromatic N) is 1. The molecule has 1 unspecified atom stereocenters. The summed E-state index contributed by atoms with van der Waals surface area (Å²) in [5, 5.41) is 45.1. The van der Waals surface area contributed by atoms with Crippen LogP contribution in [0, 0.1) is 11.8 Å². The molecule has 0 aromatic carbocycles. The van der Waals surface area contributed by atoms with Crippen LogP contribution >= 0.6 is 7.82 Å². The summed E-state index contributed by atoms with van der Waals surface area (Å²) in [6, 6.07) is -0.980. The van der Waals surface area contributed by atoms with Crippen LogP contribution < -0.4 is 10.2 Å². The zero-order chi connectivity index (χ0) is 40.2. The number of amides is 1. The molecular formula is C42H79N2O9P. The Morgan fingerprint density at radius 3 is 2.09 bits per heavy atom. The molecule has 1 saturated carbocycles. The summed E-state index contributed by atoms with van der Waals surface area (Å²) >= 11 is 0. The zero-order valence-electron chi connectivity index (χ0n) is 34.5. The molecule has 11 nitrogen and oxygen atoms in total.